The molecule has 0 spiro atoms. The van der Waals surface area contributed by atoms with Crippen molar-refractivity contribution in [2.45, 2.75) is 64.5 Å². The van der Waals surface area contributed by atoms with Crippen LogP contribution in [0.25, 0.3) is 0 Å². The highest BCUT2D eigenvalue weighted by Gasteiger charge is 2.26. The average Bonchev–Trinajstić information content (AvgIpc) is 2.51. The molecule has 2 nitrogen and oxygen atoms in total. The molecule has 1 fully saturated rings. The van der Waals surface area contributed by atoms with Crippen LogP contribution >= 0.6 is 0 Å². The molecular weight excluding hydrogens is 256 g/mol. The van der Waals surface area contributed by atoms with Crippen molar-refractivity contribution < 1.29 is 0 Å². The molecule has 1 heterocycles. The smallest absolute Gasteiger partial charge is 0.0261 e. The molecular formula is C19H32N2. The summed E-state index contributed by atoms with van der Waals surface area (Å²) in [4.78, 5) is 2.75. The third kappa shape index (κ3) is 5.44. The zero-order valence-electron chi connectivity index (χ0n) is 13.9. The summed E-state index contributed by atoms with van der Waals surface area (Å²) in [6.45, 7) is 8.23. The van der Waals surface area contributed by atoms with E-state index in [0.29, 0.717) is 12.1 Å². The van der Waals surface area contributed by atoms with Gasteiger partial charge in [0.15, 0.2) is 0 Å². The lowest BCUT2D eigenvalue weighted by atomic mass is 9.99. The molecule has 2 heteroatoms. The Morgan fingerprint density at radius 3 is 2.62 bits per heavy atom. The maximum Gasteiger partial charge on any atom is 0.0261 e. The number of hydrogen-bond acceptors (Lipinski definition) is 2. The molecule has 1 aliphatic rings. The normalized spacial score (nSPS) is 23.3. The Bertz CT molecular complexity index is 376. The minimum Gasteiger partial charge on any atom is -0.311 e. The third-order valence-corrected chi connectivity index (χ3v) is 4.61. The minimum atomic E-state index is 0.664. The molecule has 1 saturated heterocycles. The van der Waals surface area contributed by atoms with Crippen LogP contribution in [-0.2, 0) is 6.42 Å². The molecule has 0 saturated carbocycles. The highest BCUT2D eigenvalue weighted by molar-refractivity contribution is 5.16. The van der Waals surface area contributed by atoms with E-state index in [1.165, 1.54) is 57.2 Å². The molecule has 0 amide bonds. The van der Waals surface area contributed by atoms with Gasteiger partial charge >= 0.3 is 0 Å². The summed E-state index contributed by atoms with van der Waals surface area (Å²) in [5, 5.41) is 3.77. The molecule has 2 atom stereocenters. The van der Waals surface area contributed by atoms with Crippen LogP contribution in [0.1, 0.15) is 51.5 Å². The predicted molar refractivity (Wildman–Crippen MR) is 91.7 cm³/mol. The van der Waals surface area contributed by atoms with E-state index in [2.05, 4.69) is 54.4 Å². The number of nitrogens with one attached hydrogen (secondary N) is 1. The van der Waals surface area contributed by atoms with E-state index >= 15 is 0 Å². The molecule has 1 aromatic carbocycles. The molecule has 2 rings (SSSR count). The number of nitrogens with zero attached hydrogens (tertiary/aromatic N) is 1. The van der Waals surface area contributed by atoms with Crippen molar-refractivity contribution >= 4 is 0 Å². The van der Waals surface area contributed by atoms with Gasteiger partial charge in [-0.25, -0.2) is 0 Å². The van der Waals surface area contributed by atoms with Gasteiger partial charge in [0, 0.05) is 25.2 Å². The topological polar surface area (TPSA) is 15.3 Å². The van der Waals surface area contributed by atoms with Crippen LogP contribution in [0.2, 0.25) is 0 Å². The Morgan fingerprint density at radius 1 is 1.10 bits per heavy atom. The Hall–Kier alpha value is -0.860. The monoisotopic (exact) mass is 288 g/mol. The standard InChI is InChI=1S/C19H32N2/c1-3-5-9-13-21-16-18(10-4-2)20-15-19(21)14-17-11-7-6-8-12-17/h6-8,11-12,18-20H,3-5,9-10,13-16H2,1-2H3. The third-order valence-electron chi connectivity index (χ3n) is 4.61. The first-order valence-corrected chi connectivity index (χ1v) is 8.84. The van der Waals surface area contributed by atoms with E-state index < -0.39 is 0 Å². The van der Waals surface area contributed by atoms with E-state index in [0.717, 1.165) is 6.54 Å². The van der Waals surface area contributed by atoms with Gasteiger partial charge in [0.05, 0.1) is 0 Å². The van der Waals surface area contributed by atoms with Crippen molar-refractivity contribution in [3.8, 4) is 0 Å². The first-order chi connectivity index (χ1) is 10.3. The van der Waals surface area contributed by atoms with E-state index in [4.69, 9.17) is 0 Å². The lowest BCUT2D eigenvalue weighted by Gasteiger charge is -2.41. The molecule has 0 radical (unpaired) electrons. The molecule has 21 heavy (non-hydrogen) atoms. The van der Waals surface area contributed by atoms with Gasteiger partial charge in [-0.2, -0.15) is 0 Å². The van der Waals surface area contributed by atoms with Crippen LogP contribution in [0.5, 0.6) is 0 Å². The van der Waals surface area contributed by atoms with Gasteiger partial charge in [-0.05, 0) is 31.4 Å². The molecule has 118 valence electrons. The van der Waals surface area contributed by atoms with Crippen molar-refractivity contribution in [1.29, 1.82) is 0 Å². The van der Waals surface area contributed by atoms with Gasteiger partial charge in [0.25, 0.3) is 0 Å². The number of piperazine rings is 1. The van der Waals surface area contributed by atoms with E-state index in [1.54, 1.807) is 0 Å². The highest BCUT2D eigenvalue weighted by Crippen LogP contribution is 2.16. The summed E-state index contributed by atoms with van der Waals surface area (Å²) >= 11 is 0. The lowest BCUT2D eigenvalue weighted by Crippen LogP contribution is -2.57. The summed E-state index contributed by atoms with van der Waals surface area (Å²) in [6, 6.07) is 12.3. The second kappa shape index (κ2) is 9.22. The Morgan fingerprint density at radius 2 is 1.90 bits per heavy atom. The van der Waals surface area contributed by atoms with Crippen molar-refractivity contribution in [3.63, 3.8) is 0 Å². The predicted octanol–water partition coefficient (Wildman–Crippen LogP) is 3.86. The summed E-state index contributed by atoms with van der Waals surface area (Å²) in [6.07, 6.45) is 7.79. The summed E-state index contributed by atoms with van der Waals surface area (Å²) in [5.41, 5.74) is 1.47. The number of benzene rings is 1. The Kier molecular flexibility index (Phi) is 7.25. The van der Waals surface area contributed by atoms with Gasteiger partial charge in [-0.3, -0.25) is 4.90 Å². The van der Waals surface area contributed by atoms with Crippen molar-refractivity contribution in [3.05, 3.63) is 35.9 Å². The van der Waals surface area contributed by atoms with E-state index in [9.17, 15) is 0 Å². The van der Waals surface area contributed by atoms with Gasteiger partial charge in [-0.1, -0.05) is 63.4 Å². The van der Waals surface area contributed by atoms with Crippen molar-refractivity contribution in [1.82, 2.24) is 10.2 Å². The zero-order valence-corrected chi connectivity index (χ0v) is 13.9. The fraction of sp³-hybridized carbons (Fsp3) is 0.684. The summed E-state index contributed by atoms with van der Waals surface area (Å²) in [7, 11) is 0. The number of rotatable bonds is 8. The molecule has 0 bridgehead atoms. The maximum absolute atomic E-state index is 3.77. The fourth-order valence-corrected chi connectivity index (χ4v) is 3.40. The van der Waals surface area contributed by atoms with E-state index in [-0.39, 0.29) is 0 Å². The Balaban J connectivity index is 1.92. The molecule has 2 unspecified atom stereocenters. The lowest BCUT2D eigenvalue weighted by molar-refractivity contribution is 0.123. The first-order valence-electron chi connectivity index (χ1n) is 8.84. The van der Waals surface area contributed by atoms with Crippen LogP contribution < -0.4 is 5.32 Å². The SMILES string of the molecule is CCCCCN1CC(CCC)NCC1Cc1ccccc1. The van der Waals surface area contributed by atoms with Crippen LogP contribution in [0, 0.1) is 0 Å². The molecule has 0 aliphatic carbocycles. The Labute approximate surface area is 130 Å². The van der Waals surface area contributed by atoms with Crippen molar-refractivity contribution in [2.75, 3.05) is 19.6 Å². The second-order valence-electron chi connectivity index (χ2n) is 6.44. The maximum atomic E-state index is 3.77. The van der Waals surface area contributed by atoms with Crippen molar-refractivity contribution in [2.24, 2.45) is 0 Å². The van der Waals surface area contributed by atoms with Gasteiger partial charge in [-0.15, -0.1) is 0 Å². The molecule has 1 aromatic rings. The summed E-state index contributed by atoms with van der Waals surface area (Å²) in [5.74, 6) is 0. The van der Waals surface area contributed by atoms with Crippen LogP contribution in [0.3, 0.4) is 0 Å². The van der Waals surface area contributed by atoms with Crippen LogP contribution in [0.15, 0.2) is 30.3 Å². The highest BCUT2D eigenvalue weighted by atomic mass is 15.2. The summed E-state index contributed by atoms with van der Waals surface area (Å²) < 4.78 is 0. The van der Waals surface area contributed by atoms with E-state index in [1.807, 2.05) is 0 Å². The van der Waals surface area contributed by atoms with Gasteiger partial charge in [0.1, 0.15) is 0 Å². The molecule has 1 aliphatic heterocycles. The quantitative estimate of drug-likeness (QED) is 0.731. The molecule has 0 aromatic heterocycles. The fourth-order valence-electron chi connectivity index (χ4n) is 3.40. The number of unbranched alkanes of at least 4 members (excludes halogenated alkanes) is 2. The van der Waals surface area contributed by atoms with Crippen LogP contribution in [-0.4, -0.2) is 36.6 Å². The molecule has 1 N–H and O–H groups in total. The zero-order chi connectivity index (χ0) is 14.9. The van der Waals surface area contributed by atoms with Gasteiger partial charge < -0.3 is 5.32 Å². The average molecular weight is 288 g/mol. The number of hydrogen-bond donors (Lipinski definition) is 1. The van der Waals surface area contributed by atoms with Crippen LogP contribution in [0.4, 0.5) is 0 Å². The van der Waals surface area contributed by atoms with Gasteiger partial charge in [0.2, 0.25) is 0 Å². The first kappa shape index (κ1) is 16.5. The largest absolute Gasteiger partial charge is 0.311 e. The second-order valence-corrected chi connectivity index (χ2v) is 6.44. The minimum absolute atomic E-state index is 0.664.